The van der Waals surface area contributed by atoms with E-state index in [-0.39, 0.29) is 18.7 Å². The quantitative estimate of drug-likeness (QED) is 0.843. The summed E-state index contributed by atoms with van der Waals surface area (Å²) in [6.07, 6.45) is 2.79. The summed E-state index contributed by atoms with van der Waals surface area (Å²) in [5, 5.41) is 11.8. The smallest absolute Gasteiger partial charge is 0.317 e. The van der Waals surface area contributed by atoms with Crippen molar-refractivity contribution < 1.29 is 14.6 Å². The van der Waals surface area contributed by atoms with E-state index in [4.69, 9.17) is 9.84 Å². The van der Waals surface area contributed by atoms with Crippen molar-refractivity contribution in [3.05, 3.63) is 34.9 Å². The molecule has 1 heterocycles. The highest BCUT2D eigenvalue weighted by Crippen LogP contribution is 2.15. The molecule has 5 heteroatoms. The van der Waals surface area contributed by atoms with Crippen LogP contribution in [0, 0.1) is 13.8 Å². The number of ether oxygens (including phenoxy) is 1. The van der Waals surface area contributed by atoms with E-state index in [1.165, 1.54) is 16.7 Å². The number of nitrogens with one attached hydrogen (secondary N) is 1. The first-order chi connectivity index (χ1) is 11.1. The van der Waals surface area contributed by atoms with E-state index < -0.39 is 0 Å². The van der Waals surface area contributed by atoms with Gasteiger partial charge in [0, 0.05) is 19.6 Å². The van der Waals surface area contributed by atoms with Crippen molar-refractivity contribution in [2.75, 3.05) is 32.8 Å². The maximum atomic E-state index is 12.3. The van der Waals surface area contributed by atoms with Gasteiger partial charge in [-0.3, -0.25) is 0 Å². The molecule has 1 atom stereocenters. The Morgan fingerprint density at radius 1 is 1.39 bits per heavy atom. The van der Waals surface area contributed by atoms with Crippen LogP contribution in [-0.4, -0.2) is 55.0 Å². The van der Waals surface area contributed by atoms with Gasteiger partial charge in [0.05, 0.1) is 19.3 Å². The van der Waals surface area contributed by atoms with E-state index in [1.54, 1.807) is 0 Å². The van der Waals surface area contributed by atoms with Gasteiger partial charge in [0.15, 0.2) is 0 Å². The van der Waals surface area contributed by atoms with Crippen molar-refractivity contribution >= 4 is 6.03 Å². The average Bonchev–Trinajstić information content (AvgIpc) is 2.55. The minimum Gasteiger partial charge on any atom is -0.394 e. The van der Waals surface area contributed by atoms with Crippen molar-refractivity contribution in [1.29, 1.82) is 0 Å². The standard InChI is InChI=1S/C18H28N2O3/c1-14-5-3-6-15(2)17(14)8-9-19-18(22)20-10-4-7-16(13-20)23-12-11-21/h3,5-6,16,21H,4,7-13H2,1-2H3,(H,19,22). The zero-order valence-corrected chi connectivity index (χ0v) is 14.2. The normalized spacial score (nSPS) is 18.0. The van der Waals surface area contributed by atoms with E-state index in [2.05, 4.69) is 37.4 Å². The van der Waals surface area contributed by atoms with Gasteiger partial charge in [0.1, 0.15) is 0 Å². The number of amides is 2. The Morgan fingerprint density at radius 2 is 2.13 bits per heavy atom. The van der Waals surface area contributed by atoms with E-state index in [0.29, 0.717) is 19.7 Å². The molecule has 0 saturated carbocycles. The maximum absolute atomic E-state index is 12.3. The Morgan fingerprint density at radius 3 is 2.83 bits per heavy atom. The van der Waals surface area contributed by atoms with Crippen LogP contribution >= 0.6 is 0 Å². The second-order valence-corrected chi connectivity index (χ2v) is 6.16. The third-order valence-electron chi connectivity index (χ3n) is 4.41. The molecule has 1 saturated heterocycles. The Labute approximate surface area is 138 Å². The van der Waals surface area contributed by atoms with Crippen LogP contribution in [0.2, 0.25) is 0 Å². The van der Waals surface area contributed by atoms with Gasteiger partial charge >= 0.3 is 6.03 Å². The van der Waals surface area contributed by atoms with Crippen molar-refractivity contribution in [3.63, 3.8) is 0 Å². The molecule has 1 aromatic rings. The number of aliphatic hydroxyl groups is 1. The van der Waals surface area contributed by atoms with Crippen LogP contribution in [0.5, 0.6) is 0 Å². The third kappa shape index (κ3) is 5.22. The summed E-state index contributed by atoms with van der Waals surface area (Å²) < 4.78 is 5.55. The molecule has 1 unspecified atom stereocenters. The summed E-state index contributed by atoms with van der Waals surface area (Å²) in [7, 11) is 0. The first-order valence-electron chi connectivity index (χ1n) is 8.42. The highest BCUT2D eigenvalue weighted by molar-refractivity contribution is 5.74. The number of urea groups is 1. The van der Waals surface area contributed by atoms with Crippen LogP contribution in [0.3, 0.4) is 0 Å². The predicted octanol–water partition coefficient (Wildman–Crippen LogP) is 2.03. The van der Waals surface area contributed by atoms with Crippen LogP contribution in [0.4, 0.5) is 4.79 Å². The second-order valence-electron chi connectivity index (χ2n) is 6.16. The molecule has 23 heavy (non-hydrogen) atoms. The molecule has 1 aliphatic heterocycles. The zero-order valence-electron chi connectivity index (χ0n) is 14.2. The number of piperidine rings is 1. The fourth-order valence-corrected chi connectivity index (χ4v) is 3.13. The molecule has 1 aliphatic rings. The van der Waals surface area contributed by atoms with Gasteiger partial charge in [-0.05, 0) is 49.8 Å². The number of likely N-dealkylation sites (tertiary alicyclic amines) is 1. The number of nitrogens with zero attached hydrogens (tertiary/aromatic N) is 1. The summed E-state index contributed by atoms with van der Waals surface area (Å²) in [6.45, 7) is 6.60. The molecule has 0 aliphatic carbocycles. The van der Waals surface area contributed by atoms with E-state index in [0.717, 1.165) is 25.8 Å². The molecule has 2 N–H and O–H groups in total. The number of carbonyl (C=O) groups excluding carboxylic acids is 1. The van der Waals surface area contributed by atoms with Gasteiger partial charge in [-0.2, -0.15) is 0 Å². The molecule has 0 spiro atoms. The predicted molar refractivity (Wildman–Crippen MR) is 90.7 cm³/mol. The minimum absolute atomic E-state index is 0.0199. The Kier molecular flexibility index (Phi) is 6.86. The number of carbonyl (C=O) groups is 1. The molecule has 0 bridgehead atoms. The largest absolute Gasteiger partial charge is 0.394 e. The van der Waals surface area contributed by atoms with Gasteiger partial charge in [-0.25, -0.2) is 4.79 Å². The lowest BCUT2D eigenvalue weighted by Crippen LogP contribution is -2.48. The molecule has 0 aromatic heterocycles. The monoisotopic (exact) mass is 320 g/mol. The number of aryl methyl sites for hydroxylation is 2. The van der Waals surface area contributed by atoms with Gasteiger partial charge < -0.3 is 20.1 Å². The Hall–Kier alpha value is -1.59. The summed E-state index contributed by atoms with van der Waals surface area (Å²) in [4.78, 5) is 14.1. The second kappa shape index (κ2) is 8.89. The topological polar surface area (TPSA) is 61.8 Å². The van der Waals surface area contributed by atoms with Gasteiger partial charge in [-0.15, -0.1) is 0 Å². The molecular formula is C18H28N2O3. The summed E-state index contributed by atoms with van der Waals surface area (Å²) >= 11 is 0. The lowest BCUT2D eigenvalue weighted by molar-refractivity contribution is -0.00575. The number of aliphatic hydroxyl groups excluding tert-OH is 1. The lowest BCUT2D eigenvalue weighted by atomic mass is 10.0. The summed E-state index contributed by atoms with van der Waals surface area (Å²) in [5.41, 5.74) is 3.86. The van der Waals surface area contributed by atoms with Crippen molar-refractivity contribution in [3.8, 4) is 0 Å². The fraction of sp³-hybridized carbons (Fsp3) is 0.611. The molecule has 0 radical (unpaired) electrons. The van der Waals surface area contributed by atoms with E-state index >= 15 is 0 Å². The number of benzene rings is 1. The maximum Gasteiger partial charge on any atom is 0.317 e. The number of hydrogen-bond acceptors (Lipinski definition) is 3. The first kappa shape index (κ1) is 17.8. The molecule has 2 amide bonds. The van der Waals surface area contributed by atoms with Crippen molar-refractivity contribution in [1.82, 2.24) is 10.2 Å². The molecular weight excluding hydrogens is 292 g/mol. The first-order valence-corrected chi connectivity index (χ1v) is 8.42. The van der Waals surface area contributed by atoms with Crippen molar-refractivity contribution in [2.45, 2.75) is 39.2 Å². The molecule has 1 fully saturated rings. The SMILES string of the molecule is Cc1cccc(C)c1CCNC(=O)N1CCCC(OCCO)C1. The molecule has 5 nitrogen and oxygen atoms in total. The van der Waals surface area contributed by atoms with Gasteiger partial charge in [-0.1, -0.05) is 18.2 Å². The van der Waals surface area contributed by atoms with E-state index in [1.807, 2.05) is 4.90 Å². The van der Waals surface area contributed by atoms with Crippen LogP contribution in [0.15, 0.2) is 18.2 Å². The van der Waals surface area contributed by atoms with Crippen LogP contribution in [-0.2, 0) is 11.2 Å². The molecule has 2 rings (SSSR count). The molecule has 1 aromatic carbocycles. The van der Waals surface area contributed by atoms with E-state index in [9.17, 15) is 4.79 Å². The zero-order chi connectivity index (χ0) is 16.7. The summed E-state index contributed by atoms with van der Waals surface area (Å²) in [5.74, 6) is 0. The Balaban J connectivity index is 1.78. The Bertz CT molecular complexity index is 499. The lowest BCUT2D eigenvalue weighted by Gasteiger charge is -2.32. The highest BCUT2D eigenvalue weighted by atomic mass is 16.5. The highest BCUT2D eigenvalue weighted by Gasteiger charge is 2.23. The fourth-order valence-electron chi connectivity index (χ4n) is 3.13. The average molecular weight is 320 g/mol. The van der Waals surface area contributed by atoms with Crippen LogP contribution < -0.4 is 5.32 Å². The minimum atomic E-state index is -0.0199. The van der Waals surface area contributed by atoms with Crippen molar-refractivity contribution in [2.24, 2.45) is 0 Å². The third-order valence-corrected chi connectivity index (χ3v) is 4.41. The number of rotatable bonds is 6. The number of hydrogen-bond donors (Lipinski definition) is 2. The summed E-state index contributed by atoms with van der Waals surface area (Å²) in [6, 6.07) is 6.26. The van der Waals surface area contributed by atoms with Crippen LogP contribution in [0.1, 0.15) is 29.5 Å². The van der Waals surface area contributed by atoms with Gasteiger partial charge in [0.25, 0.3) is 0 Å². The van der Waals surface area contributed by atoms with Crippen LogP contribution in [0.25, 0.3) is 0 Å². The van der Waals surface area contributed by atoms with Gasteiger partial charge in [0.2, 0.25) is 0 Å². The molecule has 128 valence electrons.